The number of aliphatic hydroxyl groups excluding tert-OH is 1. The molecule has 15 heteroatoms. The van der Waals surface area contributed by atoms with Gasteiger partial charge in [-0.3, -0.25) is 34.6 Å². The van der Waals surface area contributed by atoms with Crippen LogP contribution in [-0.2, 0) is 36.8 Å². The first-order chi connectivity index (χ1) is 22.5. The van der Waals surface area contributed by atoms with Crippen molar-refractivity contribution in [2.45, 2.75) is 102 Å². The highest BCUT2D eigenvalue weighted by atomic mass is 16.5. The zero-order valence-corrected chi connectivity index (χ0v) is 26.6. The van der Waals surface area contributed by atoms with Crippen LogP contribution in [-0.4, -0.2) is 94.3 Å². The van der Waals surface area contributed by atoms with Crippen LogP contribution in [0.15, 0.2) is 18.2 Å². The Hall–Kier alpha value is -3.79. The number of rotatable bonds is 20. The lowest BCUT2D eigenvalue weighted by atomic mass is 9.81. The van der Waals surface area contributed by atoms with E-state index in [-0.39, 0.29) is 37.1 Å². The molecule has 3 rings (SSSR count). The van der Waals surface area contributed by atoms with Crippen LogP contribution in [0.2, 0.25) is 0 Å². The van der Waals surface area contributed by atoms with Crippen LogP contribution in [0.25, 0.3) is 0 Å². The summed E-state index contributed by atoms with van der Waals surface area (Å²) in [6, 6.07) is 2.36. The van der Waals surface area contributed by atoms with Gasteiger partial charge in [0, 0.05) is 25.3 Å². The molecule has 10 N–H and O–H groups in total. The molecule has 0 spiro atoms. The molecule has 1 heterocycles. The number of aryl methyl sites for hydroxylation is 1. The van der Waals surface area contributed by atoms with E-state index in [1.54, 1.807) is 0 Å². The quantitative estimate of drug-likeness (QED) is 0.0674. The van der Waals surface area contributed by atoms with Crippen LogP contribution >= 0.6 is 0 Å². The number of carboxylic acid groups (broad SMARTS) is 3. The number of aliphatic hydroxyl groups is 1. The van der Waals surface area contributed by atoms with Crippen molar-refractivity contribution in [3.63, 3.8) is 0 Å². The number of unbranched alkanes of at least 4 members (excludes halogenated alkanes) is 1. The van der Waals surface area contributed by atoms with E-state index in [2.05, 4.69) is 21.3 Å². The summed E-state index contributed by atoms with van der Waals surface area (Å²) < 4.78 is 5.71. The van der Waals surface area contributed by atoms with Gasteiger partial charge < -0.3 is 41.5 Å². The molecule has 4 atom stereocenters. The number of hydrogen-bond donors (Lipinski definition) is 9. The van der Waals surface area contributed by atoms with Gasteiger partial charge >= 0.3 is 17.9 Å². The van der Waals surface area contributed by atoms with Gasteiger partial charge in [-0.25, -0.2) is 0 Å². The van der Waals surface area contributed by atoms with Gasteiger partial charge in [0.2, 0.25) is 11.8 Å². The summed E-state index contributed by atoms with van der Waals surface area (Å²) >= 11 is 0. The first kappa shape index (κ1) is 37.7. The maximum absolute atomic E-state index is 13.4. The summed E-state index contributed by atoms with van der Waals surface area (Å²) in [7, 11) is 0. The number of fused-ring (bicyclic) bond motifs is 1. The van der Waals surface area contributed by atoms with Gasteiger partial charge in [-0.1, -0.05) is 12.1 Å². The van der Waals surface area contributed by atoms with Crippen LogP contribution in [0.3, 0.4) is 0 Å². The number of benzene rings is 1. The number of hydrogen-bond acceptors (Lipinski definition) is 10. The number of amides is 2. The zero-order chi connectivity index (χ0) is 34.3. The van der Waals surface area contributed by atoms with Crippen molar-refractivity contribution in [2.24, 2.45) is 17.6 Å². The smallest absolute Gasteiger partial charge is 0.320 e. The lowest BCUT2D eigenvalue weighted by Gasteiger charge is -2.28. The molecule has 2 amide bonds. The van der Waals surface area contributed by atoms with Gasteiger partial charge in [0.1, 0.15) is 23.9 Å². The van der Waals surface area contributed by atoms with E-state index < -0.39 is 48.8 Å². The maximum atomic E-state index is 13.4. The predicted molar refractivity (Wildman–Crippen MR) is 169 cm³/mol. The highest BCUT2D eigenvalue weighted by Gasteiger charge is 2.30. The number of nitrogens with two attached hydrogens (primary N) is 1. The van der Waals surface area contributed by atoms with Gasteiger partial charge in [-0.2, -0.15) is 0 Å². The highest BCUT2D eigenvalue weighted by Crippen LogP contribution is 2.29. The second kappa shape index (κ2) is 19.1. The molecular weight excluding hydrogens is 614 g/mol. The maximum Gasteiger partial charge on any atom is 0.320 e. The summed E-state index contributed by atoms with van der Waals surface area (Å²) in [5.74, 6) is -3.30. The predicted octanol–water partition coefficient (Wildman–Crippen LogP) is 0.317. The van der Waals surface area contributed by atoms with Gasteiger partial charge in [-0.15, -0.1) is 0 Å². The van der Waals surface area contributed by atoms with Crippen LogP contribution in [0.4, 0.5) is 0 Å². The van der Waals surface area contributed by atoms with Crippen molar-refractivity contribution in [2.75, 3.05) is 19.7 Å². The first-order valence-electron chi connectivity index (χ1n) is 16.4. The normalized spacial score (nSPS) is 20.0. The number of nitrogens with one attached hydrogen (secondary N) is 4. The number of ether oxygens (including phenoxy) is 1. The molecule has 0 aromatic heterocycles. The Bertz CT molecular complexity index is 1220. The minimum absolute atomic E-state index is 0.0552. The summed E-state index contributed by atoms with van der Waals surface area (Å²) in [5.41, 5.74) is 7.77. The fourth-order valence-corrected chi connectivity index (χ4v) is 6.00. The van der Waals surface area contributed by atoms with Gasteiger partial charge in [0.25, 0.3) is 0 Å². The molecule has 0 bridgehead atoms. The van der Waals surface area contributed by atoms with Crippen molar-refractivity contribution in [3.05, 3.63) is 29.3 Å². The van der Waals surface area contributed by atoms with E-state index in [0.29, 0.717) is 38.3 Å². The van der Waals surface area contributed by atoms with Crippen molar-refractivity contribution in [1.29, 1.82) is 0 Å². The molecule has 1 saturated carbocycles. The second-order valence-corrected chi connectivity index (χ2v) is 12.3. The van der Waals surface area contributed by atoms with Crippen molar-refractivity contribution < 1.29 is 49.1 Å². The van der Waals surface area contributed by atoms with E-state index in [0.717, 1.165) is 55.4 Å². The lowest BCUT2D eigenvalue weighted by molar-refractivity contribution is -0.142. The van der Waals surface area contributed by atoms with Crippen molar-refractivity contribution in [1.82, 2.24) is 21.3 Å². The monoisotopic (exact) mass is 663 g/mol. The third kappa shape index (κ3) is 12.7. The Labute approximate surface area is 274 Å². The fourth-order valence-electron chi connectivity index (χ4n) is 6.00. The Morgan fingerprint density at radius 3 is 2.23 bits per heavy atom. The molecule has 1 aliphatic carbocycles. The molecule has 1 aromatic carbocycles. The van der Waals surface area contributed by atoms with Gasteiger partial charge in [0.15, 0.2) is 6.35 Å². The average Bonchev–Trinajstić information content (AvgIpc) is 3.05. The highest BCUT2D eigenvalue weighted by molar-refractivity contribution is 5.88. The summed E-state index contributed by atoms with van der Waals surface area (Å²) in [5, 5.41) is 48.3. The lowest BCUT2D eigenvalue weighted by Crippen LogP contribution is -2.55. The Morgan fingerprint density at radius 1 is 0.915 bits per heavy atom. The van der Waals surface area contributed by atoms with Crippen LogP contribution in [0, 0.1) is 11.8 Å². The van der Waals surface area contributed by atoms with E-state index in [9.17, 15) is 39.3 Å². The van der Waals surface area contributed by atoms with E-state index in [1.165, 1.54) is 0 Å². The molecule has 262 valence electrons. The molecule has 47 heavy (non-hydrogen) atoms. The van der Waals surface area contributed by atoms with Crippen molar-refractivity contribution >= 4 is 29.7 Å². The van der Waals surface area contributed by atoms with Crippen molar-refractivity contribution in [3.8, 4) is 5.75 Å². The van der Waals surface area contributed by atoms with Gasteiger partial charge in [-0.05, 0) is 93.9 Å². The van der Waals surface area contributed by atoms with Crippen LogP contribution < -0.4 is 31.7 Å². The molecule has 2 aliphatic rings. The largest absolute Gasteiger partial charge is 0.493 e. The molecule has 0 radical (unpaired) electrons. The van der Waals surface area contributed by atoms with E-state index >= 15 is 0 Å². The Morgan fingerprint density at radius 2 is 1.60 bits per heavy atom. The molecular formula is C32H49N5O10. The van der Waals surface area contributed by atoms with Gasteiger partial charge in [0.05, 0.1) is 6.61 Å². The van der Waals surface area contributed by atoms with Crippen LogP contribution in [0.5, 0.6) is 5.75 Å². The minimum atomic E-state index is -1.71. The average molecular weight is 664 g/mol. The fraction of sp³-hybridized carbons (Fsp3) is 0.656. The summed E-state index contributed by atoms with van der Waals surface area (Å²) in [6.07, 6.45) is 3.60. The SMILES string of the molecule is NCC1CCC(C(=O)N[C@H](Cc2ccc3c(c2)CCCO3)C(=O)NCCCC[C@H](NC(O)NC(CCC(=O)O)C(=O)O)C(=O)O)CC1. The van der Waals surface area contributed by atoms with Crippen LogP contribution in [0.1, 0.15) is 75.3 Å². The zero-order valence-electron chi connectivity index (χ0n) is 26.6. The third-order valence-corrected chi connectivity index (χ3v) is 8.78. The molecule has 1 fully saturated rings. The molecule has 1 aliphatic heterocycles. The number of carbonyl (C=O) groups excluding carboxylic acids is 2. The topological polar surface area (TPSA) is 250 Å². The molecule has 1 aromatic rings. The number of carboxylic acids is 3. The number of carbonyl (C=O) groups is 5. The number of aliphatic carboxylic acids is 3. The Kier molecular flexibility index (Phi) is 15.3. The molecule has 15 nitrogen and oxygen atoms in total. The summed E-state index contributed by atoms with van der Waals surface area (Å²) in [6.45, 7) is 1.48. The first-order valence-corrected chi connectivity index (χ1v) is 16.4. The summed E-state index contributed by atoms with van der Waals surface area (Å²) in [4.78, 5) is 60.4. The standard InChI is InChI=1S/C32H49N5O10/c33-18-19-6-9-21(10-7-19)28(40)35-25(17-20-8-12-26-22(16-20)4-3-15-47-26)29(41)34-14-2-1-5-23(30(42)43)36-32(46)37-24(31(44)45)11-13-27(38)39/h8,12,16,19,21,23-25,32,36-37,46H,1-7,9-11,13-15,17-18,33H2,(H,34,41)(H,35,40)(H,38,39)(H,42,43)(H,44,45)/t19?,21?,23-,24?,25+,32?/m0/s1. The minimum Gasteiger partial charge on any atom is -0.493 e. The third-order valence-electron chi connectivity index (χ3n) is 8.78. The second-order valence-electron chi connectivity index (χ2n) is 12.3. The Balaban J connectivity index is 1.52. The van der Waals surface area contributed by atoms with E-state index in [1.807, 2.05) is 18.2 Å². The molecule has 2 unspecified atom stereocenters. The molecule has 0 saturated heterocycles. The van der Waals surface area contributed by atoms with E-state index in [4.69, 9.17) is 15.6 Å².